The van der Waals surface area contributed by atoms with Crippen LogP contribution in [0.3, 0.4) is 0 Å². The fraction of sp³-hybridized carbons (Fsp3) is 0.611. The summed E-state index contributed by atoms with van der Waals surface area (Å²) in [5, 5.41) is 4.53. The van der Waals surface area contributed by atoms with Gasteiger partial charge in [-0.2, -0.15) is 0 Å². The Morgan fingerprint density at radius 2 is 2.09 bits per heavy atom. The second-order valence-electron chi connectivity index (χ2n) is 6.47. The number of nitrogens with zero attached hydrogens (tertiary/aromatic N) is 1. The molecule has 2 rings (SSSR count). The lowest BCUT2D eigenvalue weighted by Gasteiger charge is -2.33. The molecule has 2 atom stereocenters. The van der Waals surface area contributed by atoms with Crippen LogP contribution < -0.4 is 5.32 Å². The second-order valence-corrected chi connectivity index (χ2v) is 7.29. The lowest BCUT2D eigenvalue weighted by molar-refractivity contribution is -0.127. The van der Waals surface area contributed by atoms with Crippen molar-refractivity contribution in [2.24, 2.45) is 5.92 Å². The Morgan fingerprint density at radius 1 is 1.39 bits per heavy atom. The minimum atomic E-state index is 0.0596. The maximum Gasteiger partial charge on any atom is 0.224 e. The van der Waals surface area contributed by atoms with E-state index in [0.29, 0.717) is 16.6 Å². The van der Waals surface area contributed by atoms with Crippen LogP contribution in [0.1, 0.15) is 45.1 Å². The van der Waals surface area contributed by atoms with Crippen molar-refractivity contribution in [1.29, 1.82) is 0 Å². The summed E-state index contributed by atoms with van der Waals surface area (Å²) in [5.41, 5.74) is 0.955. The van der Waals surface area contributed by atoms with E-state index in [2.05, 4.69) is 24.1 Å². The Hall–Kier alpha value is -0.770. The van der Waals surface area contributed by atoms with Gasteiger partial charge in [0.1, 0.15) is 0 Å². The Kier molecular flexibility index (Phi) is 7.19. The van der Waals surface area contributed by atoms with Gasteiger partial charge in [-0.1, -0.05) is 42.6 Å². The zero-order chi connectivity index (χ0) is 16.8. The normalized spacial score (nSPS) is 20.3. The zero-order valence-corrected chi connectivity index (χ0v) is 15.5. The lowest BCUT2D eigenvalue weighted by Crippen LogP contribution is -2.45. The van der Waals surface area contributed by atoms with Crippen LogP contribution in [0.2, 0.25) is 10.0 Å². The van der Waals surface area contributed by atoms with E-state index in [1.54, 1.807) is 0 Å². The summed E-state index contributed by atoms with van der Waals surface area (Å²) in [4.78, 5) is 14.7. The quantitative estimate of drug-likeness (QED) is 0.812. The van der Waals surface area contributed by atoms with E-state index in [0.717, 1.165) is 44.3 Å². The number of carbonyl (C=O) groups is 1. The maximum absolute atomic E-state index is 12.4. The van der Waals surface area contributed by atoms with Crippen molar-refractivity contribution < 1.29 is 4.79 Å². The highest BCUT2D eigenvalue weighted by atomic mass is 35.5. The second kappa shape index (κ2) is 8.91. The molecule has 5 heteroatoms. The summed E-state index contributed by atoms with van der Waals surface area (Å²) in [6.07, 6.45) is 4.10. The van der Waals surface area contributed by atoms with E-state index in [-0.39, 0.29) is 17.9 Å². The number of piperidine rings is 1. The Morgan fingerprint density at radius 3 is 2.74 bits per heavy atom. The Labute approximate surface area is 149 Å². The first kappa shape index (κ1) is 18.6. The van der Waals surface area contributed by atoms with Crippen LogP contribution in [0.25, 0.3) is 0 Å². The largest absolute Gasteiger partial charge is 0.353 e. The van der Waals surface area contributed by atoms with Gasteiger partial charge in [-0.15, -0.1) is 0 Å². The molecule has 0 aromatic heterocycles. The van der Waals surface area contributed by atoms with Gasteiger partial charge >= 0.3 is 0 Å². The van der Waals surface area contributed by atoms with Crippen molar-refractivity contribution in [3.63, 3.8) is 0 Å². The van der Waals surface area contributed by atoms with Crippen molar-refractivity contribution in [2.75, 3.05) is 13.1 Å². The van der Waals surface area contributed by atoms with E-state index in [1.807, 2.05) is 18.2 Å². The number of hydrogen-bond donors (Lipinski definition) is 1. The van der Waals surface area contributed by atoms with Crippen LogP contribution in [0.15, 0.2) is 18.2 Å². The lowest BCUT2D eigenvalue weighted by atomic mass is 9.96. The highest BCUT2D eigenvalue weighted by Gasteiger charge is 2.27. The van der Waals surface area contributed by atoms with Crippen LogP contribution in [0, 0.1) is 5.92 Å². The Balaban J connectivity index is 1.94. The van der Waals surface area contributed by atoms with Gasteiger partial charge in [-0.05, 0) is 44.9 Å². The van der Waals surface area contributed by atoms with Crippen LogP contribution in [0.5, 0.6) is 0 Å². The number of rotatable bonds is 6. The van der Waals surface area contributed by atoms with Gasteiger partial charge in [0.2, 0.25) is 5.91 Å². The molecule has 128 valence electrons. The smallest absolute Gasteiger partial charge is 0.224 e. The van der Waals surface area contributed by atoms with E-state index in [4.69, 9.17) is 23.2 Å². The van der Waals surface area contributed by atoms with E-state index in [9.17, 15) is 4.79 Å². The molecule has 0 unspecified atom stereocenters. The molecular formula is C18H26Cl2N2O. The van der Waals surface area contributed by atoms with Gasteiger partial charge in [0.05, 0.1) is 5.92 Å². The van der Waals surface area contributed by atoms with Crippen molar-refractivity contribution in [3.05, 3.63) is 33.8 Å². The highest BCUT2D eigenvalue weighted by Crippen LogP contribution is 2.27. The van der Waals surface area contributed by atoms with Crippen LogP contribution in [-0.4, -0.2) is 29.9 Å². The van der Waals surface area contributed by atoms with Crippen molar-refractivity contribution >= 4 is 29.1 Å². The van der Waals surface area contributed by atoms with Gasteiger partial charge in [-0.3, -0.25) is 9.69 Å². The first-order chi connectivity index (χ1) is 11.0. The molecule has 1 aliphatic rings. The number of benzene rings is 1. The minimum absolute atomic E-state index is 0.0596. The van der Waals surface area contributed by atoms with E-state index < -0.39 is 0 Å². The van der Waals surface area contributed by atoms with Crippen LogP contribution >= 0.6 is 23.2 Å². The average Bonchev–Trinajstić information content (AvgIpc) is 2.51. The van der Waals surface area contributed by atoms with Crippen molar-refractivity contribution in [2.45, 2.75) is 52.1 Å². The topological polar surface area (TPSA) is 32.3 Å². The first-order valence-electron chi connectivity index (χ1n) is 8.46. The molecular weight excluding hydrogens is 331 g/mol. The molecule has 1 aromatic rings. The molecule has 1 fully saturated rings. The van der Waals surface area contributed by atoms with Gasteiger partial charge in [0.25, 0.3) is 0 Å². The maximum atomic E-state index is 12.4. The summed E-state index contributed by atoms with van der Waals surface area (Å²) in [6.45, 7) is 6.67. The molecule has 23 heavy (non-hydrogen) atoms. The van der Waals surface area contributed by atoms with Crippen molar-refractivity contribution in [3.8, 4) is 0 Å². The number of nitrogens with one attached hydrogen (secondary N) is 1. The molecule has 0 bridgehead atoms. The van der Waals surface area contributed by atoms with Gasteiger partial charge in [0.15, 0.2) is 0 Å². The zero-order valence-electron chi connectivity index (χ0n) is 13.9. The highest BCUT2D eigenvalue weighted by molar-refractivity contribution is 6.35. The molecule has 1 N–H and O–H groups in total. The summed E-state index contributed by atoms with van der Waals surface area (Å²) >= 11 is 12.5. The predicted octanol–water partition coefficient (Wildman–Crippen LogP) is 4.51. The van der Waals surface area contributed by atoms with E-state index >= 15 is 0 Å². The van der Waals surface area contributed by atoms with Crippen LogP contribution in [-0.2, 0) is 11.3 Å². The summed E-state index contributed by atoms with van der Waals surface area (Å²) < 4.78 is 0. The van der Waals surface area contributed by atoms with E-state index in [1.165, 1.54) is 0 Å². The number of carbonyl (C=O) groups excluding carboxylic acids is 1. The standard InChI is InChI=1S/C18H26Cl2N2O/c1-3-6-13(2)21-18(23)14-7-5-10-22(11-14)12-15-16(19)8-4-9-17(15)20/h4,8-9,13-14H,3,5-7,10-12H2,1-2H3,(H,21,23)/t13-,14-/m0/s1. The molecule has 0 spiro atoms. The number of amides is 1. The molecule has 1 saturated heterocycles. The third kappa shape index (κ3) is 5.37. The van der Waals surface area contributed by atoms with Gasteiger partial charge in [-0.25, -0.2) is 0 Å². The molecule has 1 amide bonds. The number of halogens is 2. The molecule has 0 aliphatic carbocycles. The third-order valence-corrected chi connectivity index (χ3v) is 5.14. The fourth-order valence-electron chi connectivity index (χ4n) is 3.19. The van der Waals surface area contributed by atoms with Gasteiger partial charge < -0.3 is 5.32 Å². The molecule has 1 aromatic carbocycles. The fourth-order valence-corrected chi connectivity index (χ4v) is 3.70. The molecule has 3 nitrogen and oxygen atoms in total. The predicted molar refractivity (Wildman–Crippen MR) is 97.0 cm³/mol. The number of likely N-dealkylation sites (tertiary alicyclic amines) is 1. The molecule has 0 radical (unpaired) electrons. The molecule has 1 aliphatic heterocycles. The first-order valence-corrected chi connectivity index (χ1v) is 9.22. The number of hydrogen-bond acceptors (Lipinski definition) is 2. The SMILES string of the molecule is CCC[C@H](C)NC(=O)[C@H]1CCCN(Cc2c(Cl)cccc2Cl)C1. The summed E-state index contributed by atoms with van der Waals surface area (Å²) in [6, 6.07) is 5.84. The third-order valence-electron chi connectivity index (χ3n) is 4.43. The molecule has 0 saturated carbocycles. The minimum Gasteiger partial charge on any atom is -0.353 e. The molecule has 1 heterocycles. The monoisotopic (exact) mass is 356 g/mol. The van der Waals surface area contributed by atoms with Crippen LogP contribution in [0.4, 0.5) is 0 Å². The average molecular weight is 357 g/mol. The Bertz CT molecular complexity index is 516. The van der Waals surface area contributed by atoms with Gasteiger partial charge in [0, 0.05) is 34.7 Å². The van der Waals surface area contributed by atoms with Crippen molar-refractivity contribution in [1.82, 2.24) is 10.2 Å². The summed E-state index contributed by atoms with van der Waals surface area (Å²) in [5.74, 6) is 0.241. The summed E-state index contributed by atoms with van der Waals surface area (Å²) in [7, 11) is 0.